The highest BCUT2D eigenvalue weighted by Crippen LogP contribution is 2.39. The molecular weight excluding hydrogens is 336 g/mol. The van der Waals surface area contributed by atoms with Crippen molar-refractivity contribution in [3.05, 3.63) is 47.0 Å². The highest BCUT2D eigenvalue weighted by atomic mass is 16.5. The first-order chi connectivity index (χ1) is 12.5. The number of methoxy groups -OCH3 is 4. The van der Waals surface area contributed by atoms with E-state index < -0.39 is 0 Å². The molecule has 0 radical (unpaired) electrons. The zero-order chi connectivity index (χ0) is 19.3. The standard InChI is InChI=1S/C20H22O6/c1-6-7-12-8-15(23-2)16(24-3)11-14(12)19(21)13-9-17(25-4)20(22)18(10-13)26-5/h6-11,22H,1-5H3/b7-6+. The molecule has 0 aliphatic rings. The summed E-state index contributed by atoms with van der Waals surface area (Å²) < 4.78 is 20.9. The second kappa shape index (κ2) is 8.29. The van der Waals surface area contributed by atoms with Crippen LogP contribution >= 0.6 is 0 Å². The SMILES string of the molecule is C/C=C/c1cc(OC)c(OC)cc1C(=O)c1cc(OC)c(O)c(OC)c1. The van der Waals surface area contributed by atoms with Gasteiger partial charge in [0.2, 0.25) is 5.75 Å². The van der Waals surface area contributed by atoms with Crippen molar-refractivity contribution < 1.29 is 28.8 Å². The van der Waals surface area contributed by atoms with Gasteiger partial charge in [0.25, 0.3) is 0 Å². The van der Waals surface area contributed by atoms with Gasteiger partial charge >= 0.3 is 0 Å². The summed E-state index contributed by atoms with van der Waals surface area (Å²) in [5.41, 5.74) is 1.42. The molecule has 0 bridgehead atoms. The highest BCUT2D eigenvalue weighted by molar-refractivity contribution is 6.12. The number of hydrogen-bond acceptors (Lipinski definition) is 6. The number of allylic oxidation sites excluding steroid dienone is 1. The van der Waals surface area contributed by atoms with Gasteiger partial charge in [0.15, 0.2) is 28.8 Å². The molecule has 0 aliphatic carbocycles. The van der Waals surface area contributed by atoms with Crippen LogP contribution in [0.3, 0.4) is 0 Å². The molecule has 2 rings (SSSR count). The number of phenolic OH excluding ortho intramolecular Hbond substituents is 1. The number of carbonyl (C=O) groups excluding carboxylic acids is 1. The average molecular weight is 358 g/mol. The summed E-state index contributed by atoms with van der Waals surface area (Å²) in [6, 6.07) is 6.30. The second-order valence-electron chi connectivity index (χ2n) is 5.35. The summed E-state index contributed by atoms with van der Waals surface area (Å²) in [7, 11) is 5.86. The number of benzene rings is 2. The normalized spacial score (nSPS) is 10.7. The van der Waals surface area contributed by atoms with Crippen molar-refractivity contribution in [1.82, 2.24) is 0 Å². The third kappa shape index (κ3) is 3.59. The molecule has 0 aromatic heterocycles. The summed E-state index contributed by atoms with van der Waals surface area (Å²) in [6.45, 7) is 1.86. The van der Waals surface area contributed by atoms with E-state index in [1.807, 2.05) is 19.1 Å². The molecule has 6 nitrogen and oxygen atoms in total. The quantitative estimate of drug-likeness (QED) is 0.761. The zero-order valence-corrected chi connectivity index (χ0v) is 15.5. The van der Waals surface area contributed by atoms with Gasteiger partial charge in [-0.1, -0.05) is 12.2 Å². The molecule has 0 saturated heterocycles. The topological polar surface area (TPSA) is 74.2 Å². The lowest BCUT2D eigenvalue weighted by Crippen LogP contribution is -2.06. The van der Waals surface area contributed by atoms with Crippen LogP contribution in [0.2, 0.25) is 0 Å². The van der Waals surface area contributed by atoms with E-state index in [9.17, 15) is 9.90 Å². The smallest absolute Gasteiger partial charge is 0.200 e. The Morgan fingerprint density at radius 3 is 1.81 bits per heavy atom. The molecular formula is C20H22O6. The third-order valence-corrected chi connectivity index (χ3v) is 3.89. The van der Waals surface area contributed by atoms with Crippen molar-refractivity contribution in [2.75, 3.05) is 28.4 Å². The summed E-state index contributed by atoms with van der Waals surface area (Å²) in [5, 5.41) is 10.0. The Labute approximate surface area is 152 Å². The van der Waals surface area contributed by atoms with Gasteiger partial charge in [-0.15, -0.1) is 0 Å². The summed E-state index contributed by atoms with van der Waals surface area (Å²) in [4.78, 5) is 13.1. The summed E-state index contributed by atoms with van der Waals surface area (Å²) in [5.74, 6) is 0.851. The Bertz CT molecular complexity index is 813. The van der Waals surface area contributed by atoms with Crippen molar-refractivity contribution >= 4 is 11.9 Å². The molecule has 0 amide bonds. The van der Waals surface area contributed by atoms with Crippen molar-refractivity contribution in [2.45, 2.75) is 6.92 Å². The lowest BCUT2D eigenvalue weighted by molar-refractivity contribution is 0.103. The maximum Gasteiger partial charge on any atom is 0.200 e. The fourth-order valence-corrected chi connectivity index (χ4v) is 2.59. The van der Waals surface area contributed by atoms with E-state index in [1.165, 1.54) is 40.6 Å². The van der Waals surface area contributed by atoms with Crippen molar-refractivity contribution in [3.8, 4) is 28.7 Å². The van der Waals surface area contributed by atoms with Crippen LogP contribution in [0.25, 0.3) is 6.08 Å². The van der Waals surface area contributed by atoms with Crippen molar-refractivity contribution in [3.63, 3.8) is 0 Å². The molecule has 0 fully saturated rings. The zero-order valence-electron chi connectivity index (χ0n) is 15.5. The van der Waals surface area contributed by atoms with E-state index in [0.717, 1.165) is 0 Å². The van der Waals surface area contributed by atoms with E-state index in [1.54, 1.807) is 12.1 Å². The molecule has 1 N–H and O–H groups in total. The predicted octanol–water partition coefficient (Wildman–Crippen LogP) is 3.69. The largest absolute Gasteiger partial charge is 0.502 e. The molecule has 138 valence electrons. The fraction of sp³-hybridized carbons (Fsp3) is 0.250. The predicted molar refractivity (Wildman–Crippen MR) is 98.9 cm³/mol. The molecule has 26 heavy (non-hydrogen) atoms. The van der Waals surface area contributed by atoms with Gasteiger partial charge in [0.05, 0.1) is 28.4 Å². The number of rotatable bonds is 7. The number of carbonyl (C=O) groups is 1. The van der Waals surface area contributed by atoms with Crippen LogP contribution in [-0.2, 0) is 0 Å². The van der Waals surface area contributed by atoms with E-state index in [-0.39, 0.29) is 23.0 Å². The average Bonchev–Trinajstić information content (AvgIpc) is 2.67. The van der Waals surface area contributed by atoms with E-state index >= 15 is 0 Å². The van der Waals surface area contributed by atoms with Crippen LogP contribution < -0.4 is 18.9 Å². The van der Waals surface area contributed by atoms with Gasteiger partial charge in [-0.05, 0) is 36.8 Å². The molecule has 0 atom stereocenters. The van der Waals surface area contributed by atoms with Gasteiger partial charge in [-0.25, -0.2) is 0 Å². The summed E-state index contributed by atoms with van der Waals surface area (Å²) in [6.07, 6.45) is 3.64. The Kier molecular flexibility index (Phi) is 6.11. The Balaban J connectivity index is 2.66. The molecule has 2 aromatic carbocycles. The number of hydrogen-bond donors (Lipinski definition) is 1. The maximum atomic E-state index is 13.1. The minimum Gasteiger partial charge on any atom is -0.502 e. The van der Waals surface area contributed by atoms with E-state index in [4.69, 9.17) is 18.9 Å². The van der Waals surface area contributed by atoms with Gasteiger partial charge in [-0.2, -0.15) is 0 Å². The Hall–Kier alpha value is -3.15. The van der Waals surface area contributed by atoms with Crippen LogP contribution in [0, 0.1) is 0 Å². The number of aromatic hydroxyl groups is 1. The third-order valence-electron chi connectivity index (χ3n) is 3.89. The van der Waals surface area contributed by atoms with Crippen LogP contribution in [0.1, 0.15) is 28.4 Å². The number of ether oxygens (including phenoxy) is 4. The molecule has 0 unspecified atom stereocenters. The molecule has 0 heterocycles. The van der Waals surface area contributed by atoms with Gasteiger partial charge < -0.3 is 24.1 Å². The van der Waals surface area contributed by atoms with Crippen LogP contribution in [0.4, 0.5) is 0 Å². The molecule has 0 saturated carbocycles. The summed E-state index contributed by atoms with van der Waals surface area (Å²) >= 11 is 0. The lowest BCUT2D eigenvalue weighted by atomic mass is 9.96. The first kappa shape index (κ1) is 19.2. The monoisotopic (exact) mass is 358 g/mol. The molecule has 0 spiro atoms. The van der Waals surface area contributed by atoms with Crippen molar-refractivity contribution in [1.29, 1.82) is 0 Å². The van der Waals surface area contributed by atoms with Gasteiger partial charge in [0, 0.05) is 11.1 Å². The maximum absolute atomic E-state index is 13.1. The number of phenols is 1. The van der Waals surface area contributed by atoms with Crippen LogP contribution in [0.15, 0.2) is 30.3 Å². The van der Waals surface area contributed by atoms with Gasteiger partial charge in [0.1, 0.15) is 0 Å². The van der Waals surface area contributed by atoms with Crippen molar-refractivity contribution in [2.24, 2.45) is 0 Å². The first-order valence-electron chi connectivity index (χ1n) is 7.89. The van der Waals surface area contributed by atoms with Gasteiger partial charge in [-0.3, -0.25) is 4.79 Å². The Morgan fingerprint density at radius 1 is 0.846 bits per heavy atom. The lowest BCUT2D eigenvalue weighted by Gasteiger charge is -2.14. The Morgan fingerprint density at radius 2 is 1.35 bits per heavy atom. The van der Waals surface area contributed by atoms with Crippen LogP contribution in [0.5, 0.6) is 28.7 Å². The van der Waals surface area contributed by atoms with E-state index in [2.05, 4.69) is 0 Å². The highest BCUT2D eigenvalue weighted by Gasteiger charge is 2.20. The minimum absolute atomic E-state index is 0.153. The number of ketones is 1. The molecule has 6 heteroatoms. The molecule has 2 aromatic rings. The second-order valence-corrected chi connectivity index (χ2v) is 5.35. The minimum atomic E-state index is -0.268. The first-order valence-corrected chi connectivity index (χ1v) is 7.89. The molecule has 0 aliphatic heterocycles. The van der Waals surface area contributed by atoms with E-state index in [0.29, 0.717) is 28.2 Å². The van der Waals surface area contributed by atoms with Crippen LogP contribution in [-0.4, -0.2) is 39.3 Å². The fourth-order valence-electron chi connectivity index (χ4n) is 2.59.